The summed E-state index contributed by atoms with van der Waals surface area (Å²) < 4.78 is 0. The maximum Gasteiger partial charge on any atom is 0.232 e. The SMILES string of the molecule is O=C1CC(C(=O)N2CCc3cc(N4CCCC4)ccc32)CN1c1ccccc1. The predicted molar refractivity (Wildman–Crippen MR) is 111 cm³/mol. The average Bonchev–Trinajstić information content (AvgIpc) is 3.47. The lowest BCUT2D eigenvalue weighted by Gasteiger charge is -2.23. The smallest absolute Gasteiger partial charge is 0.232 e. The van der Waals surface area contributed by atoms with Crippen LogP contribution in [0, 0.1) is 5.92 Å². The van der Waals surface area contributed by atoms with Crippen LogP contribution in [-0.4, -0.2) is 38.0 Å². The van der Waals surface area contributed by atoms with Crippen molar-refractivity contribution in [2.75, 3.05) is 40.9 Å². The summed E-state index contributed by atoms with van der Waals surface area (Å²) in [5, 5.41) is 0. The van der Waals surface area contributed by atoms with Gasteiger partial charge in [-0.25, -0.2) is 0 Å². The van der Waals surface area contributed by atoms with E-state index in [0.717, 1.165) is 30.9 Å². The van der Waals surface area contributed by atoms with Crippen molar-refractivity contribution < 1.29 is 9.59 Å². The van der Waals surface area contributed by atoms with Gasteiger partial charge in [0.25, 0.3) is 0 Å². The van der Waals surface area contributed by atoms with Crippen LogP contribution in [0.15, 0.2) is 48.5 Å². The van der Waals surface area contributed by atoms with Gasteiger partial charge in [0.05, 0.1) is 5.92 Å². The van der Waals surface area contributed by atoms with Crippen LogP contribution in [0.3, 0.4) is 0 Å². The van der Waals surface area contributed by atoms with Crippen LogP contribution in [0.1, 0.15) is 24.8 Å². The van der Waals surface area contributed by atoms with Gasteiger partial charge in [0.1, 0.15) is 0 Å². The number of nitrogens with zero attached hydrogens (tertiary/aromatic N) is 3. The van der Waals surface area contributed by atoms with E-state index in [2.05, 4.69) is 23.1 Å². The van der Waals surface area contributed by atoms with Crippen LogP contribution in [0.5, 0.6) is 0 Å². The lowest BCUT2D eigenvalue weighted by Crippen LogP contribution is -2.36. The molecule has 0 spiro atoms. The minimum atomic E-state index is -0.267. The topological polar surface area (TPSA) is 43.9 Å². The maximum absolute atomic E-state index is 13.2. The summed E-state index contributed by atoms with van der Waals surface area (Å²) in [6.07, 6.45) is 3.71. The fraction of sp³-hybridized carbons (Fsp3) is 0.391. The lowest BCUT2D eigenvalue weighted by atomic mass is 10.1. The molecule has 0 aliphatic carbocycles. The fourth-order valence-electron chi connectivity index (χ4n) is 4.74. The Balaban J connectivity index is 1.33. The summed E-state index contributed by atoms with van der Waals surface area (Å²) in [7, 11) is 0. The third kappa shape index (κ3) is 2.95. The molecule has 5 rings (SSSR count). The number of anilines is 3. The highest BCUT2D eigenvalue weighted by Crippen LogP contribution is 2.35. The summed E-state index contributed by atoms with van der Waals surface area (Å²) in [5.74, 6) is -0.148. The highest BCUT2D eigenvalue weighted by Gasteiger charge is 2.39. The van der Waals surface area contributed by atoms with E-state index in [4.69, 9.17) is 0 Å². The molecule has 1 atom stereocenters. The van der Waals surface area contributed by atoms with Crippen LogP contribution < -0.4 is 14.7 Å². The van der Waals surface area contributed by atoms with Crippen LogP contribution in [0.2, 0.25) is 0 Å². The molecule has 0 aromatic heterocycles. The quantitative estimate of drug-likeness (QED) is 0.827. The van der Waals surface area contributed by atoms with E-state index in [1.807, 2.05) is 35.2 Å². The molecule has 28 heavy (non-hydrogen) atoms. The molecule has 2 amide bonds. The molecule has 3 aliphatic heterocycles. The zero-order chi connectivity index (χ0) is 19.1. The highest BCUT2D eigenvalue weighted by atomic mass is 16.2. The normalized spacial score (nSPS) is 21.5. The lowest BCUT2D eigenvalue weighted by molar-refractivity contribution is -0.124. The van der Waals surface area contributed by atoms with Crippen molar-refractivity contribution in [2.24, 2.45) is 5.92 Å². The molecule has 144 valence electrons. The molecule has 0 radical (unpaired) electrons. The molecule has 3 heterocycles. The van der Waals surface area contributed by atoms with E-state index >= 15 is 0 Å². The van der Waals surface area contributed by atoms with Gasteiger partial charge in [-0.1, -0.05) is 18.2 Å². The van der Waals surface area contributed by atoms with E-state index in [0.29, 0.717) is 19.5 Å². The first-order valence-electron chi connectivity index (χ1n) is 10.3. The summed E-state index contributed by atoms with van der Waals surface area (Å²) in [5.41, 5.74) is 4.43. The van der Waals surface area contributed by atoms with E-state index in [-0.39, 0.29) is 17.7 Å². The summed E-state index contributed by atoms with van der Waals surface area (Å²) in [6, 6.07) is 16.1. The van der Waals surface area contributed by atoms with Crippen molar-refractivity contribution in [3.63, 3.8) is 0 Å². The molecule has 2 aromatic carbocycles. The van der Waals surface area contributed by atoms with Crippen molar-refractivity contribution in [1.29, 1.82) is 0 Å². The van der Waals surface area contributed by atoms with Gasteiger partial charge in [0, 0.05) is 49.7 Å². The highest BCUT2D eigenvalue weighted by molar-refractivity contribution is 6.05. The second kappa shape index (κ2) is 6.97. The molecule has 1 unspecified atom stereocenters. The number of fused-ring (bicyclic) bond motifs is 1. The van der Waals surface area contributed by atoms with Gasteiger partial charge in [0.15, 0.2) is 0 Å². The molecule has 5 nitrogen and oxygen atoms in total. The Bertz CT molecular complexity index is 905. The summed E-state index contributed by atoms with van der Waals surface area (Å²) >= 11 is 0. The van der Waals surface area contributed by atoms with Crippen molar-refractivity contribution in [3.05, 3.63) is 54.1 Å². The Kier molecular flexibility index (Phi) is 4.30. The second-order valence-corrected chi connectivity index (χ2v) is 7.99. The zero-order valence-corrected chi connectivity index (χ0v) is 16.0. The van der Waals surface area contributed by atoms with E-state index in [9.17, 15) is 9.59 Å². The average molecular weight is 375 g/mol. The molecular formula is C23H25N3O2. The summed E-state index contributed by atoms with van der Waals surface area (Å²) in [4.78, 5) is 31.8. The molecule has 5 heteroatoms. The Labute approximate surface area is 165 Å². The van der Waals surface area contributed by atoms with Gasteiger partial charge < -0.3 is 14.7 Å². The number of carbonyl (C=O) groups excluding carboxylic acids is 2. The molecule has 2 saturated heterocycles. The molecule has 0 N–H and O–H groups in total. The first-order valence-corrected chi connectivity index (χ1v) is 10.3. The fourth-order valence-corrected chi connectivity index (χ4v) is 4.74. The van der Waals surface area contributed by atoms with Crippen LogP contribution >= 0.6 is 0 Å². The minimum Gasteiger partial charge on any atom is -0.372 e. The van der Waals surface area contributed by atoms with Gasteiger partial charge in [-0.05, 0) is 55.2 Å². The van der Waals surface area contributed by atoms with Gasteiger partial charge in [0.2, 0.25) is 11.8 Å². The number of carbonyl (C=O) groups is 2. The summed E-state index contributed by atoms with van der Waals surface area (Å²) in [6.45, 7) is 3.44. The third-order valence-corrected chi connectivity index (χ3v) is 6.24. The number of hydrogen-bond acceptors (Lipinski definition) is 3. The number of hydrogen-bond donors (Lipinski definition) is 0. The van der Waals surface area contributed by atoms with E-state index < -0.39 is 0 Å². The van der Waals surface area contributed by atoms with Crippen molar-refractivity contribution >= 4 is 28.9 Å². The van der Waals surface area contributed by atoms with E-state index in [1.165, 1.54) is 24.1 Å². The molecule has 3 aliphatic rings. The predicted octanol–water partition coefficient (Wildman–Crippen LogP) is 3.23. The Morgan fingerprint density at radius 2 is 1.71 bits per heavy atom. The van der Waals surface area contributed by atoms with E-state index in [1.54, 1.807) is 4.90 Å². The van der Waals surface area contributed by atoms with Crippen molar-refractivity contribution in [1.82, 2.24) is 0 Å². The van der Waals surface area contributed by atoms with Gasteiger partial charge in [-0.2, -0.15) is 0 Å². The number of para-hydroxylation sites is 1. The first kappa shape index (κ1) is 17.3. The standard InChI is InChI=1S/C23H25N3O2/c27-22-15-18(16-26(22)19-6-2-1-3-7-19)23(28)25-13-10-17-14-20(8-9-21(17)25)24-11-4-5-12-24/h1-3,6-9,14,18H,4-5,10-13,15-16H2. The third-order valence-electron chi connectivity index (χ3n) is 6.24. The maximum atomic E-state index is 13.2. The van der Waals surface area contributed by atoms with Gasteiger partial charge >= 0.3 is 0 Å². The van der Waals surface area contributed by atoms with Crippen molar-refractivity contribution in [2.45, 2.75) is 25.7 Å². The van der Waals surface area contributed by atoms with Crippen LogP contribution in [0.4, 0.5) is 17.1 Å². The Morgan fingerprint density at radius 3 is 2.50 bits per heavy atom. The minimum absolute atomic E-state index is 0.0355. The zero-order valence-electron chi connectivity index (χ0n) is 16.0. The van der Waals surface area contributed by atoms with Crippen LogP contribution in [0.25, 0.3) is 0 Å². The largest absolute Gasteiger partial charge is 0.372 e. The second-order valence-electron chi connectivity index (χ2n) is 7.99. The monoisotopic (exact) mass is 375 g/mol. The molecule has 2 fully saturated rings. The number of amides is 2. The molecule has 2 aromatic rings. The van der Waals surface area contributed by atoms with Gasteiger partial charge in [-0.15, -0.1) is 0 Å². The molecule has 0 bridgehead atoms. The first-order chi connectivity index (χ1) is 13.7. The molecular weight excluding hydrogens is 350 g/mol. The number of rotatable bonds is 3. The Morgan fingerprint density at radius 1 is 0.929 bits per heavy atom. The number of benzene rings is 2. The molecule has 0 saturated carbocycles. The van der Waals surface area contributed by atoms with Crippen molar-refractivity contribution in [3.8, 4) is 0 Å². The van der Waals surface area contributed by atoms with Gasteiger partial charge in [-0.3, -0.25) is 9.59 Å². The van der Waals surface area contributed by atoms with Crippen LogP contribution in [-0.2, 0) is 16.0 Å². The Hall–Kier alpha value is -2.82.